The Morgan fingerprint density at radius 1 is 1.10 bits per heavy atom. The van der Waals surface area contributed by atoms with E-state index in [1.807, 2.05) is 6.92 Å². The molecule has 0 spiro atoms. The van der Waals surface area contributed by atoms with Gasteiger partial charge in [-0.25, -0.2) is 23.2 Å². The van der Waals surface area contributed by atoms with Crippen molar-refractivity contribution in [2.75, 3.05) is 10.0 Å². The van der Waals surface area contributed by atoms with Crippen LogP contribution in [0.3, 0.4) is 0 Å². The first-order valence-corrected chi connectivity index (χ1v) is 14.2. The molecule has 0 saturated heterocycles. The average molecular weight is 568 g/mol. The van der Waals surface area contributed by atoms with Gasteiger partial charge in [-0.1, -0.05) is 37.3 Å². The molecule has 0 radical (unpaired) electrons. The van der Waals surface area contributed by atoms with Gasteiger partial charge in [0.1, 0.15) is 11.3 Å². The number of pyridine rings is 2. The van der Waals surface area contributed by atoms with Crippen molar-refractivity contribution >= 4 is 40.1 Å². The summed E-state index contributed by atoms with van der Waals surface area (Å²) in [7, 11) is -3.93. The third-order valence-corrected chi connectivity index (χ3v) is 6.86. The smallest absolute Gasteiger partial charge is 0.412 e. The zero-order valence-electron chi connectivity index (χ0n) is 23.1. The largest absolute Gasteiger partial charge is 0.444 e. The molecule has 0 unspecified atom stereocenters. The van der Waals surface area contributed by atoms with Crippen molar-refractivity contribution in [1.29, 1.82) is 0 Å². The molecule has 0 atom stereocenters. The van der Waals surface area contributed by atoms with E-state index >= 15 is 0 Å². The summed E-state index contributed by atoms with van der Waals surface area (Å²) in [6.07, 6.45) is -0.517. The fraction of sp³-hybridized carbons (Fsp3) is 0.321. The molecule has 0 aliphatic carbocycles. The number of hydrogen-bond acceptors (Lipinski definition) is 7. The molecule has 12 heteroatoms. The maximum Gasteiger partial charge on any atom is 0.412 e. The SMILES string of the molecule is C=NC(=O)Cc1cc(NC(=O)OC(C)(C)C)c(-n2c(C)ccc(NS(=O)(=O)Cc3ccccc3)c2=O)nc1CC. The number of sulfonamides is 1. The highest BCUT2D eigenvalue weighted by molar-refractivity contribution is 7.91. The molecular formula is C28H33N5O6S. The number of ether oxygens (including phenoxy) is 1. The maximum atomic E-state index is 13.7. The monoisotopic (exact) mass is 567 g/mol. The van der Waals surface area contributed by atoms with E-state index in [0.717, 1.165) is 0 Å². The van der Waals surface area contributed by atoms with Gasteiger partial charge >= 0.3 is 6.09 Å². The fourth-order valence-corrected chi connectivity index (χ4v) is 5.10. The zero-order valence-corrected chi connectivity index (χ0v) is 24.0. The van der Waals surface area contributed by atoms with Crippen LogP contribution < -0.4 is 15.6 Å². The Morgan fingerprint density at radius 2 is 1.77 bits per heavy atom. The first-order valence-electron chi connectivity index (χ1n) is 12.5. The number of carbonyl (C=O) groups is 2. The van der Waals surface area contributed by atoms with Crippen molar-refractivity contribution in [2.45, 2.75) is 58.8 Å². The fourth-order valence-electron chi connectivity index (χ4n) is 3.90. The second-order valence-electron chi connectivity index (χ2n) is 10.1. The summed E-state index contributed by atoms with van der Waals surface area (Å²) in [5.74, 6) is -0.780. The number of aryl methyl sites for hydroxylation is 2. The molecule has 0 bridgehead atoms. The van der Waals surface area contributed by atoms with Crippen LogP contribution in [0, 0.1) is 6.92 Å². The van der Waals surface area contributed by atoms with Crippen LogP contribution in [0.4, 0.5) is 16.2 Å². The Bertz CT molecular complexity index is 1590. The summed E-state index contributed by atoms with van der Waals surface area (Å²) in [5, 5.41) is 2.62. The Labute approximate surface area is 233 Å². The molecule has 212 valence electrons. The number of aromatic nitrogens is 2. The molecule has 2 aromatic heterocycles. The van der Waals surface area contributed by atoms with Crippen molar-refractivity contribution in [3.05, 3.63) is 81.4 Å². The highest BCUT2D eigenvalue weighted by Gasteiger charge is 2.23. The van der Waals surface area contributed by atoms with Crippen LogP contribution in [0.1, 0.15) is 50.2 Å². The second kappa shape index (κ2) is 12.2. The number of anilines is 2. The predicted octanol–water partition coefficient (Wildman–Crippen LogP) is 4.16. The third-order valence-electron chi connectivity index (χ3n) is 5.61. The first kappa shape index (κ1) is 30.2. The zero-order chi connectivity index (χ0) is 29.7. The van der Waals surface area contributed by atoms with Gasteiger partial charge in [0.2, 0.25) is 15.9 Å². The van der Waals surface area contributed by atoms with Gasteiger partial charge in [-0.05, 0) is 70.2 Å². The molecule has 40 heavy (non-hydrogen) atoms. The van der Waals surface area contributed by atoms with E-state index in [-0.39, 0.29) is 29.4 Å². The Balaban J connectivity index is 2.14. The molecule has 11 nitrogen and oxygen atoms in total. The minimum absolute atomic E-state index is 0.0390. The lowest BCUT2D eigenvalue weighted by Crippen LogP contribution is -2.30. The highest BCUT2D eigenvalue weighted by atomic mass is 32.2. The highest BCUT2D eigenvalue weighted by Crippen LogP contribution is 2.25. The molecular weight excluding hydrogens is 534 g/mol. The van der Waals surface area contributed by atoms with E-state index in [1.54, 1.807) is 64.1 Å². The number of amides is 2. The minimum atomic E-state index is -3.93. The molecule has 3 aromatic rings. The van der Waals surface area contributed by atoms with E-state index in [0.29, 0.717) is 28.9 Å². The van der Waals surface area contributed by atoms with Gasteiger partial charge in [0.15, 0.2) is 5.82 Å². The van der Waals surface area contributed by atoms with Crippen LogP contribution in [0.15, 0.2) is 58.3 Å². The van der Waals surface area contributed by atoms with E-state index in [1.165, 1.54) is 16.7 Å². The Morgan fingerprint density at radius 3 is 2.38 bits per heavy atom. The molecule has 0 fully saturated rings. The lowest BCUT2D eigenvalue weighted by atomic mass is 10.1. The van der Waals surface area contributed by atoms with Gasteiger partial charge < -0.3 is 4.74 Å². The number of nitrogens with one attached hydrogen (secondary N) is 2. The Kier molecular flexibility index (Phi) is 9.25. The maximum absolute atomic E-state index is 13.7. The molecule has 0 aliphatic rings. The van der Waals surface area contributed by atoms with Gasteiger partial charge in [-0.3, -0.25) is 24.2 Å². The van der Waals surface area contributed by atoms with Gasteiger partial charge in [0, 0.05) is 11.4 Å². The van der Waals surface area contributed by atoms with Crippen LogP contribution in [0.25, 0.3) is 5.82 Å². The summed E-state index contributed by atoms with van der Waals surface area (Å²) >= 11 is 0. The molecule has 0 aliphatic heterocycles. The number of carbonyl (C=O) groups excluding carboxylic acids is 2. The van der Waals surface area contributed by atoms with Crippen molar-refractivity contribution in [3.8, 4) is 5.82 Å². The number of aliphatic imine (C=N–C) groups is 1. The minimum Gasteiger partial charge on any atom is -0.444 e. The lowest BCUT2D eigenvalue weighted by Gasteiger charge is -2.22. The van der Waals surface area contributed by atoms with Gasteiger partial charge in [0.05, 0.1) is 17.9 Å². The summed E-state index contributed by atoms with van der Waals surface area (Å²) in [4.78, 5) is 46.5. The van der Waals surface area contributed by atoms with E-state index in [9.17, 15) is 22.8 Å². The third kappa shape index (κ3) is 7.85. The van der Waals surface area contributed by atoms with Crippen LogP contribution in [-0.2, 0) is 38.1 Å². The van der Waals surface area contributed by atoms with Gasteiger partial charge in [0.25, 0.3) is 5.56 Å². The van der Waals surface area contributed by atoms with Crippen molar-refractivity contribution in [1.82, 2.24) is 9.55 Å². The standard InChI is InChI=1S/C28H33N5O6S/c1-7-21-20(16-24(34)29-6)15-23(31-27(36)39-28(3,4)5)25(30-21)33-18(2)13-14-22(26(33)35)32-40(37,38)17-19-11-9-8-10-12-19/h8-15,32H,6-7,16-17H2,1-5H3,(H,31,36). The summed E-state index contributed by atoms with van der Waals surface area (Å²) in [5.41, 5.74) is 0.343. The van der Waals surface area contributed by atoms with Gasteiger partial charge in [-0.2, -0.15) is 0 Å². The van der Waals surface area contributed by atoms with Crippen LogP contribution in [0.5, 0.6) is 0 Å². The van der Waals surface area contributed by atoms with E-state index in [4.69, 9.17) is 4.74 Å². The number of rotatable bonds is 9. The van der Waals surface area contributed by atoms with Crippen molar-refractivity contribution in [3.63, 3.8) is 0 Å². The topological polar surface area (TPSA) is 149 Å². The van der Waals surface area contributed by atoms with Crippen molar-refractivity contribution < 1.29 is 22.7 Å². The normalized spacial score (nSPS) is 11.5. The number of benzene rings is 1. The van der Waals surface area contributed by atoms with E-state index in [2.05, 4.69) is 26.7 Å². The molecule has 2 N–H and O–H groups in total. The molecule has 2 heterocycles. The molecule has 1 aromatic carbocycles. The van der Waals surface area contributed by atoms with Gasteiger partial charge in [-0.15, -0.1) is 0 Å². The first-order chi connectivity index (χ1) is 18.7. The summed E-state index contributed by atoms with van der Waals surface area (Å²) in [6, 6.07) is 13.0. The Hall–Kier alpha value is -4.32. The van der Waals surface area contributed by atoms with Crippen molar-refractivity contribution in [2.24, 2.45) is 4.99 Å². The average Bonchev–Trinajstić information content (AvgIpc) is 2.86. The van der Waals surface area contributed by atoms with E-state index < -0.39 is 33.2 Å². The quantitative estimate of drug-likeness (QED) is 0.369. The molecule has 2 amide bonds. The molecule has 0 saturated carbocycles. The lowest BCUT2D eigenvalue weighted by molar-refractivity contribution is -0.117. The number of hydrogen-bond donors (Lipinski definition) is 2. The number of nitrogens with zero attached hydrogens (tertiary/aromatic N) is 3. The van der Waals surface area contributed by atoms with Crippen LogP contribution in [0.2, 0.25) is 0 Å². The molecule has 3 rings (SSSR count). The van der Waals surface area contributed by atoms with Crippen LogP contribution >= 0.6 is 0 Å². The predicted molar refractivity (Wildman–Crippen MR) is 155 cm³/mol. The second-order valence-corrected chi connectivity index (χ2v) is 11.8. The summed E-state index contributed by atoms with van der Waals surface area (Å²) < 4.78 is 34.7. The van der Waals surface area contributed by atoms with Crippen LogP contribution in [-0.4, -0.2) is 42.3 Å². The summed E-state index contributed by atoms with van der Waals surface area (Å²) in [6.45, 7) is 11.8.